The van der Waals surface area contributed by atoms with E-state index in [1.807, 2.05) is 12.1 Å². The molecule has 0 aliphatic carbocycles. The van der Waals surface area contributed by atoms with Gasteiger partial charge in [-0.3, -0.25) is 4.90 Å². The van der Waals surface area contributed by atoms with Crippen LogP contribution in [-0.4, -0.2) is 30.2 Å². The van der Waals surface area contributed by atoms with Crippen LogP contribution in [-0.2, 0) is 6.54 Å². The smallest absolute Gasteiger partial charge is 0.123 e. The van der Waals surface area contributed by atoms with Crippen molar-refractivity contribution in [1.82, 2.24) is 4.90 Å². The summed E-state index contributed by atoms with van der Waals surface area (Å²) in [6, 6.07) is 14.4. The summed E-state index contributed by atoms with van der Waals surface area (Å²) in [4.78, 5) is 2.41. The number of benzene rings is 2. The van der Waals surface area contributed by atoms with Gasteiger partial charge in [0.1, 0.15) is 11.6 Å². The lowest BCUT2D eigenvalue weighted by Gasteiger charge is -2.34. The SMILES string of the molecule is COc1ccc(CN2CCC(C(O)c3ccc(F)cc3)CC2)cc1. The van der Waals surface area contributed by atoms with Crippen LogP contribution in [0.25, 0.3) is 0 Å². The maximum Gasteiger partial charge on any atom is 0.123 e. The molecule has 0 bridgehead atoms. The van der Waals surface area contributed by atoms with Gasteiger partial charge in [-0.1, -0.05) is 24.3 Å². The standard InChI is InChI=1S/C20H24FNO2/c1-24-19-8-2-15(3-9-19)14-22-12-10-17(11-13-22)20(23)16-4-6-18(21)7-5-16/h2-9,17,20,23H,10-14H2,1H3. The van der Waals surface area contributed by atoms with Gasteiger partial charge in [-0.2, -0.15) is 0 Å². The summed E-state index contributed by atoms with van der Waals surface area (Å²) in [5.74, 6) is 0.850. The zero-order valence-corrected chi connectivity index (χ0v) is 14.0. The molecule has 1 N–H and O–H groups in total. The van der Waals surface area contributed by atoms with Gasteiger partial charge in [0.2, 0.25) is 0 Å². The molecule has 1 aliphatic rings. The molecule has 3 rings (SSSR count). The van der Waals surface area contributed by atoms with Crippen molar-refractivity contribution in [3.05, 3.63) is 65.5 Å². The van der Waals surface area contributed by atoms with Gasteiger partial charge in [0.15, 0.2) is 0 Å². The van der Waals surface area contributed by atoms with E-state index in [-0.39, 0.29) is 11.7 Å². The fourth-order valence-electron chi connectivity index (χ4n) is 3.35. The van der Waals surface area contributed by atoms with Crippen molar-refractivity contribution in [2.24, 2.45) is 5.92 Å². The number of hydrogen-bond donors (Lipinski definition) is 1. The van der Waals surface area contributed by atoms with Crippen LogP contribution in [0.3, 0.4) is 0 Å². The van der Waals surface area contributed by atoms with Gasteiger partial charge >= 0.3 is 0 Å². The van der Waals surface area contributed by atoms with E-state index in [0.29, 0.717) is 0 Å². The second-order valence-electron chi connectivity index (χ2n) is 6.46. The predicted molar refractivity (Wildman–Crippen MR) is 92.4 cm³/mol. The van der Waals surface area contributed by atoms with Crippen molar-refractivity contribution in [3.8, 4) is 5.75 Å². The molecule has 0 aromatic heterocycles. The highest BCUT2D eigenvalue weighted by Crippen LogP contribution is 2.31. The number of ether oxygens (including phenoxy) is 1. The molecule has 1 atom stereocenters. The molecule has 128 valence electrons. The maximum absolute atomic E-state index is 13.0. The van der Waals surface area contributed by atoms with Gasteiger partial charge in [0.25, 0.3) is 0 Å². The lowest BCUT2D eigenvalue weighted by Crippen LogP contribution is -2.35. The van der Waals surface area contributed by atoms with Gasteiger partial charge in [0, 0.05) is 6.54 Å². The second-order valence-corrected chi connectivity index (χ2v) is 6.46. The van der Waals surface area contributed by atoms with E-state index in [2.05, 4.69) is 17.0 Å². The Labute approximate surface area is 142 Å². The minimum Gasteiger partial charge on any atom is -0.497 e. The Bertz CT molecular complexity index is 634. The highest BCUT2D eigenvalue weighted by atomic mass is 19.1. The second kappa shape index (κ2) is 7.77. The third-order valence-electron chi connectivity index (χ3n) is 4.86. The fraction of sp³-hybridized carbons (Fsp3) is 0.400. The van der Waals surface area contributed by atoms with Crippen LogP contribution < -0.4 is 4.74 Å². The molecule has 24 heavy (non-hydrogen) atoms. The Hall–Kier alpha value is -1.91. The fourth-order valence-corrected chi connectivity index (χ4v) is 3.35. The van der Waals surface area contributed by atoms with E-state index >= 15 is 0 Å². The third kappa shape index (κ3) is 4.13. The van der Waals surface area contributed by atoms with Crippen LogP contribution in [0.2, 0.25) is 0 Å². The highest BCUT2D eigenvalue weighted by molar-refractivity contribution is 5.27. The molecule has 0 radical (unpaired) electrons. The van der Waals surface area contributed by atoms with Gasteiger partial charge in [0.05, 0.1) is 13.2 Å². The average Bonchev–Trinajstić information content (AvgIpc) is 2.63. The molecule has 1 saturated heterocycles. The summed E-state index contributed by atoms with van der Waals surface area (Å²) in [5.41, 5.74) is 2.08. The van der Waals surface area contributed by atoms with Gasteiger partial charge in [-0.15, -0.1) is 0 Å². The largest absolute Gasteiger partial charge is 0.497 e. The van der Waals surface area contributed by atoms with Crippen molar-refractivity contribution in [2.75, 3.05) is 20.2 Å². The predicted octanol–water partition coefficient (Wildman–Crippen LogP) is 3.78. The number of halogens is 1. The third-order valence-corrected chi connectivity index (χ3v) is 4.86. The minimum atomic E-state index is -0.506. The molecule has 4 heteroatoms. The van der Waals surface area contributed by atoms with E-state index in [4.69, 9.17) is 4.74 Å². The molecule has 2 aromatic rings. The number of aliphatic hydroxyl groups excluding tert-OH is 1. The summed E-state index contributed by atoms with van der Waals surface area (Å²) in [5, 5.41) is 10.5. The Morgan fingerprint density at radius 1 is 1.08 bits per heavy atom. The lowest BCUT2D eigenvalue weighted by atomic mass is 9.87. The Balaban J connectivity index is 1.52. The van der Waals surface area contributed by atoms with E-state index in [1.54, 1.807) is 19.2 Å². The summed E-state index contributed by atoms with van der Waals surface area (Å²) in [6.45, 7) is 2.85. The number of rotatable bonds is 5. The number of likely N-dealkylation sites (tertiary alicyclic amines) is 1. The summed E-state index contributed by atoms with van der Waals surface area (Å²) < 4.78 is 18.2. The first-order valence-corrected chi connectivity index (χ1v) is 8.44. The Morgan fingerprint density at radius 3 is 2.29 bits per heavy atom. The van der Waals surface area contributed by atoms with E-state index in [9.17, 15) is 9.50 Å². The van der Waals surface area contributed by atoms with Crippen molar-refractivity contribution in [2.45, 2.75) is 25.5 Å². The monoisotopic (exact) mass is 329 g/mol. The first-order chi connectivity index (χ1) is 11.7. The molecule has 0 saturated carbocycles. The van der Waals surface area contributed by atoms with Crippen LogP contribution in [0.5, 0.6) is 5.75 Å². The topological polar surface area (TPSA) is 32.7 Å². The van der Waals surface area contributed by atoms with E-state index < -0.39 is 6.10 Å². The number of hydrogen-bond acceptors (Lipinski definition) is 3. The molecule has 1 heterocycles. The van der Waals surface area contributed by atoms with Crippen molar-refractivity contribution in [3.63, 3.8) is 0 Å². The molecule has 0 amide bonds. The van der Waals surface area contributed by atoms with Gasteiger partial charge in [-0.25, -0.2) is 4.39 Å². The molecule has 2 aromatic carbocycles. The Morgan fingerprint density at radius 2 is 1.71 bits per heavy atom. The van der Waals surface area contributed by atoms with Crippen LogP contribution in [0.4, 0.5) is 4.39 Å². The minimum absolute atomic E-state index is 0.238. The van der Waals surface area contributed by atoms with E-state index in [0.717, 1.165) is 43.8 Å². The molecule has 1 unspecified atom stereocenters. The summed E-state index contributed by atoms with van der Waals surface area (Å²) in [6.07, 6.45) is 1.40. The summed E-state index contributed by atoms with van der Waals surface area (Å²) >= 11 is 0. The molecule has 0 spiro atoms. The first-order valence-electron chi connectivity index (χ1n) is 8.44. The number of nitrogens with zero attached hydrogens (tertiary/aromatic N) is 1. The van der Waals surface area contributed by atoms with Crippen LogP contribution in [0.1, 0.15) is 30.1 Å². The molecular formula is C20H24FNO2. The molecule has 1 fully saturated rings. The van der Waals surface area contributed by atoms with Crippen LogP contribution in [0, 0.1) is 11.7 Å². The zero-order chi connectivity index (χ0) is 16.9. The summed E-state index contributed by atoms with van der Waals surface area (Å²) in [7, 11) is 1.67. The molecule has 1 aliphatic heterocycles. The average molecular weight is 329 g/mol. The molecule has 3 nitrogen and oxygen atoms in total. The van der Waals surface area contributed by atoms with Crippen molar-refractivity contribution in [1.29, 1.82) is 0 Å². The zero-order valence-electron chi connectivity index (χ0n) is 14.0. The highest BCUT2D eigenvalue weighted by Gasteiger charge is 2.26. The quantitative estimate of drug-likeness (QED) is 0.906. The number of methoxy groups -OCH3 is 1. The van der Waals surface area contributed by atoms with Crippen molar-refractivity contribution < 1.29 is 14.2 Å². The number of aliphatic hydroxyl groups is 1. The van der Waals surface area contributed by atoms with Crippen LogP contribution >= 0.6 is 0 Å². The van der Waals surface area contributed by atoms with Gasteiger partial charge in [-0.05, 0) is 67.2 Å². The molecular weight excluding hydrogens is 305 g/mol. The maximum atomic E-state index is 13.0. The van der Waals surface area contributed by atoms with Gasteiger partial charge < -0.3 is 9.84 Å². The number of piperidine rings is 1. The normalized spacial score (nSPS) is 17.6. The Kier molecular flexibility index (Phi) is 5.48. The van der Waals surface area contributed by atoms with E-state index in [1.165, 1.54) is 17.7 Å². The first kappa shape index (κ1) is 16.9. The van der Waals surface area contributed by atoms with Crippen LogP contribution in [0.15, 0.2) is 48.5 Å². The van der Waals surface area contributed by atoms with Crippen molar-refractivity contribution >= 4 is 0 Å². The lowest BCUT2D eigenvalue weighted by molar-refractivity contribution is 0.0567.